The van der Waals surface area contributed by atoms with E-state index in [2.05, 4.69) is 25.3 Å². The molecular formula is C23H22N6O7S. The van der Waals surface area contributed by atoms with Gasteiger partial charge in [-0.15, -0.1) is 6.42 Å². The number of terminal acetylenes is 1. The Morgan fingerprint density at radius 1 is 1.16 bits per heavy atom. The zero-order valence-electron chi connectivity index (χ0n) is 20.0. The highest BCUT2D eigenvalue weighted by Crippen LogP contribution is 2.37. The lowest BCUT2D eigenvalue weighted by atomic mass is 10.1. The molecule has 2 N–H and O–H groups in total. The van der Waals surface area contributed by atoms with Crippen molar-refractivity contribution in [1.29, 1.82) is 0 Å². The molecule has 3 aromatic heterocycles. The van der Waals surface area contributed by atoms with Gasteiger partial charge in [-0.05, 0) is 23.6 Å². The molecule has 4 rings (SSSR count). The Bertz CT molecular complexity index is 1580. The average Bonchev–Trinajstić information content (AvgIpc) is 3.52. The second-order valence-corrected chi connectivity index (χ2v) is 9.15. The van der Waals surface area contributed by atoms with Crippen LogP contribution in [0.5, 0.6) is 17.4 Å². The summed E-state index contributed by atoms with van der Waals surface area (Å²) in [6.07, 6.45) is 9.77. The standard InChI is InChI=1S/C23H22N6O7S/c1-5-19(30)25-10-15-11-26-29(13-15)12-14-8-17(34-3)20-18(9-14)36-27-22(20)28-37(31,32)21-16(33-2)6-7-24-23(21)35-4/h1,6-9,11,13H,10,12H2,2-4H3,(H,25,30)(H,27,28). The Hall–Kier alpha value is -4.77. The maximum atomic E-state index is 13.2. The number of pyridine rings is 1. The van der Waals surface area contributed by atoms with E-state index in [0.717, 1.165) is 11.1 Å². The summed E-state index contributed by atoms with van der Waals surface area (Å²) in [7, 11) is -0.178. The predicted octanol–water partition coefficient (Wildman–Crippen LogP) is 1.54. The molecule has 0 aliphatic rings. The summed E-state index contributed by atoms with van der Waals surface area (Å²) in [5.74, 6) is 1.60. The first-order chi connectivity index (χ1) is 17.8. The average molecular weight is 527 g/mol. The molecule has 37 heavy (non-hydrogen) atoms. The normalized spacial score (nSPS) is 11.1. The number of carbonyl (C=O) groups excluding carboxylic acids is 1. The maximum absolute atomic E-state index is 13.2. The molecule has 1 aromatic carbocycles. The van der Waals surface area contributed by atoms with Crippen LogP contribution in [0.1, 0.15) is 11.1 Å². The fourth-order valence-corrected chi connectivity index (χ4v) is 4.84. The zero-order valence-corrected chi connectivity index (χ0v) is 20.8. The number of aromatic nitrogens is 4. The molecule has 0 fully saturated rings. The molecule has 13 nitrogen and oxygen atoms in total. The van der Waals surface area contributed by atoms with Crippen molar-refractivity contribution in [3.8, 4) is 29.7 Å². The van der Waals surface area contributed by atoms with E-state index in [1.54, 1.807) is 29.2 Å². The molecule has 0 bridgehead atoms. The molecule has 0 radical (unpaired) electrons. The van der Waals surface area contributed by atoms with E-state index in [4.69, 9.17) is 25.2 Å². The van der Waals surface area contributed by atoms with Crippen LogP contribution in [0.2, 0.25) is 0 Å². The van der Waals surface area contributed by atoms with Crippen LogP contribution in [-0.4, -0.2) is 55.6 Å². The van der Waals surface area contributed by atoms with Gasteiger partial charge in [-0.3, -0.25) is 14.2 Å². The van der Waals surface area contributed by atoms with Gasteiger partial charge in [0.15, 0.2) is 16.3 Å². The predicted molar refractivity (Wildman–Crippen MR) is 131 cm³/mol. The second kappa shape index (κ2) is 10.5. The molecule has 0 saturated carbocycles. The number of benzene rings is 1. The highest BCUT2D eigenvalue weighted by Gasteiger charge is 2.29. The van der Waals surface area contributed by atoms with E-state index in [9.17, 15) is 13.2 Å². The summed E-state index contributed by atoms with van der Waals surface area (Å²) >= 11 is 0. The molecule has 0 spiro atoms. The van der Waals surface area contributed by atoms with E-state index in [-0.39, 0.29) is 34.5 Å². The molecule has 0 unspecified atom stereocenters. The van der Waals surface area contributed by atoms with Crippen molar-refractivity contribution in [2.45, 2.75) is 18.0 Å². The van der Waals surface area contributed by atoms with Gasteiger partial charge >= 0.3 is 0 Å². The summed E-state index contributed by atoms with van der Waals surface area (Å²) in [5, 5.41) is 11.1. The van der Waals surface area contributed by atoms with Crippen molar-refractivity contribution in [1.82, 2.24) is 25.2 Å². The van der Waals surface area contributed by atoms with Gasteiger partial charge in [-0.1, -0.05) is 5.16 Å². The minimum atomic E-state index is -4.25. The van der Waals surface area contributed by atoms with E-state index in [0.29, 0.717) is 17.7 Å². The number of amides is 1. The topological polar surface area (TPSA) is 160 Å². The molecular weight excluding hydrogens is 504 g/mol. The largest absolute Gasteiger partial charge is 0.496 e. The van der Waals surface area contributed by atoms with E-state index in [1.165, 1.54) is 33.6 Å². The lowest BCUT2D eigenvalue weighted by molar-refractivity contribution is -0.115. The first kappa shape index (κ1) is 25.3. The quantitative estimate of drug-likeness (QED) is 0.290. The van der Waals surface area contributed by atoms with Crippen molar-refractivity contribution in [3.05, 3.63) is 47.9 Å². The first-order valence-corrected chi connectivity index (χ1v) is 12.1. The van der Waals surface area contributed by atoms with E-state index < -0.39 is 15.9 Å². The number of ether oxygens (including phenoxy) is 3. The number of rotatable bonds is 10. The summed E-state index contributed by atoms with van der Waals surface area (Å²) in [4.78, 5) is 14.9. The van der Waals surface area contributed by atoms with Crippen molar-refractivity contribution in [2.75, 3.05) is 26.1 Å². The van der Waals surface area contributed by atoms with E-state index in [1.807, 2.05) is 5.92 Å². The summed E-state index contributed by atoms with van der Waals surface area (Å²) in [6, 6.07) is 4.80. The molecule has 0 atom stereocenters. The molecule has 4 aromatic rings. The number of fused-ring (bicyclic) bond motifs is 1. The van der Waals surface area contributed by atoms with Gasteiger partial charge in [0.25, 0.3) is 15.9 Å². The van der Waals surface area contributed by atoms with Gasteiger partial charge < -0.3 is 24.1 Å². The number of nitrogens with zero attached hydrogens (tertiary/aromatic N) is 4. The second-order valence-electron chi connectivity index (χ2n) is 7.53. The van der Waals surface area contributed by atoms with Gasteiger partial charge in [-0.2, -0.15) is 5.10 Å². The van der Waals surface area contributed by atoms with Gasteiger partial charge in [0.05, 0.1) is 34.1 Å². The van der Waals surface area contributed by atoms with Crippen molar-refractivity contribution < 1.29 is 31.9 Å². The van der Waals surface area contributed by atoms with Gasteiger partial charge in [0, 0.05) is 30.6 Å². The van der Waals surface area contributed by atoms with Crippen molar-refractivity contribution in [3.63, 3.8) is 0 Å². The third-order valence-corrected chi connectivity index (χ3v) is 6.56. The van der Waals surface area contributed by atoms with Gasteiger partial charge in [0.2, 0.25) is 5.88 Å². The summed E-state index contributed by atoms with van der Waals surface area (Å²) in [6.45, 7) is 0.574. The SMILES string of the molecule is C#CC(=O)NCc1cnn(Cc2cc(OC)c3c(NS(=O)(=O)c4c(OC)ccnc4OC)noc3c2)c1. The smallest absolute Gasteiger partial charge is 0.295 e. The van der Waals surface area contributed by atoms with Crippen LogP contribution < -0.4 is 24.2 Å². The van der Waals surface area contributed by atoms with Gasteiger partial charge in [0.1, 0.15) is 16.9 Å². The Balaban J connectivity index is 1.63. The summed E-state index contributed by atoms with van der Waals surface area (Å²) in [5.41, 5.74) is 1.79. The number of hydrogen-bond acceptors (Lipinski definition) is 10. The Morgan fingerprint density at radius 2 is 1.95 bits per heavy atom. The lowest BCUT2D eigenvalue weighted by Crippen LogP contribution is -2.20. The van der Waals surface area contributed by atoms with Crippen molar-refractivity contribution in [2.24, 2.45) is 0 Å². The number of anilines is 1. The van der Waals surface area contributed by atoms with Crippen LogP contribution in [0.15, 0.2) is 46.2 Å². The molecule has 0 aliphatic heterocycles. The molecule has 192 valence electrons. The molecule has 0 saturated heterocycles. The molecule has 14 heteroatoms. The van der Waals surface area contributed by atoms with Crippen molar-refractivity contribution >= 4 is 32.7 Å². The summed E-state index contributed by atoms with van der Waals surface area (Å²) < 4.78 is 51.8. The van der Waals surface area contributed by atoms with Crippen LogP contribution in [0.25, 0.3) is 11.0 Å². The van der Waals surface area contributed by atoms with Crippen LogP contribution >= 0.6 is 0 Å². The fraction of sp³-hybridized carbons (Fsp3) is 0.217. The number of methoxy groups -OCH3 is 3. The van der Waals surface area contributed by atoms with E-state index >= 15 is 0 Å². The number of nitrogens with one attached hydrogen (secondary N) is 2. The first-order valence-electron chi connectivity index (χ1n) is 10.6. The van der Waals surface area contributed by atoms with Gasteiger partial charge in [-0.25, -0.2) is 13.4 Å². The fourth-order valence-electron chi connectivity index (χ4n) is 3.56. The van der Waals surface area contributed by atoms with Crippen LogP contribution in [0.4, 0.5) is 5.82 Å². The van der Waals surface area contributed by atoms with Crippen LogP contribution in [-0.2, 0) is 27.9 Å². The molecule has 0 aliphatic carbocycles. The third kappa shape index (κ3) is 5.26. The third-order valence-electron chi connectivity index (χ3n) is 5.18. The lowest BCUT2D eigenvalue weighted by Gasteiger charge is -2.13. The number of hydrogen-bond donors (Lipinski definition) is 2. The van der Waals surface area contributed by atoms with Crippen LogP contribution in [0.3, 0.4) is 0 Å². The Morgan fingerprint density at radius 3 is 2.65 bits per heavy atom. The minimum Gasteiger partial charge on any atom is -0.496 e. The highest BCUT2D eigenvalue weighted by atomic mass is 32.2. The molecule has 1 amide bonds. The Kier molecular flexibility index (Phi) is 7.16. The monoisotopic (exact) mass is 526 g/mol. The number of sulfonamides is 1. The maximum Gasteiger partial charge on any atom is 0.295 e. The highest BCUT2D eigenvalue weighted by molar-refractivity contribution is 7.93. The minimum absolute atomic E-state index is 0.0406. The zero-order chi connectivity index (χ0) is 26.6. The van der Waals surface area contributed by atoms with Crippen LogP contribution in [0, 0.1) is 12.3 Å². The Labute approximate surface area is 211 Å². The molecule has 3 heterocycles. The number of carbonyl (C=O) groups is 1.